The van der Waals surface area contributed by atoms with Crippen LogP contribution in [0.25, 0.3) is 0 Å². The monoisotopic (exact) mass is 364 g/mol. The van der Waals surface area contributed by atoms with Crippen LogP contribution < -0.4 is 10.6 Å². The van der Waals surface area contributed by atoms with Crippen LogP contribution >= 0.6 is 0 Å². The average molecular weight is 364 g/mol. The molecule has 1 aromatic rings. The fourth-order valence-corrected chi connectivity index (χ4v) is 3.39. The Morgan fingerprint density at radius 2 is 1.96 bits per heavy atom. The molecule has 2 aliphatic rings. The van der Waals surface area contributed by atoms with Gasteiger partial charge >= 0.3 is 6.03 Å². The van der Waals surface area contributed by atoms with Crippen LogP contribution in [0.15, 0.2) is 30.3 Å². The molecule has 144 valence electrons. The van der Waals surface area contributed by atoms with Gasteiger partial charge in [0.05, 0.1) is 24.8 Å². The Morgan fingerprint density at radius 3 is 2.65 bits per heavy atom. The summed E-state index contributed by atoms with van der Waals surface area (Å²) in [6, 6.07) is 7.94. The van der Waals surface area contributed by atoms with Gasteiger partial charge in [0.2, 0.25) is 0 Å². The number of para-hydroxylation sites is 1. The number of carbonyl (C=O) groups excluding carboxylic acids is 1. The van der Waals surface area contributed by atoms with E-state index < -0.39 is 18.4 Å². The third-order valence-corrected chi connectivity index (χ3v) is 4.87. The van der Waals surface area contributed by atoms with Crippen molar-refractivity contribution in [3.8, 4) is 0 Å². The van der Waals surface area contributed by atoms with Gasteiger partial charge in [-0.2, -0.15) is 0 Å². The molecular formula is C18H28N4O4. The smallest absolute Gasteiger partial charge is 0.319 e. The number of aliphatic hydroxyl groups is 1. The number of urea groups is 1. The molecule has 2 saturated heterocycles. The van der Waals surface area contributed by atoms with Crippen molar-refractivity contribution in [1.82, 2.24) is 15.1 Å². The second-order valence-electron chi connectivity index (χ2n) is 7.13. The predicted molar refractivity (Wildman–Crippen MR) is 98.0 cm³/mol. The van der Waals surface area contributed by atoms with Crippen molar-refractivity contribution in [3.05, 3.63) is 30.3 Å². The van der Waals surface area contributed by atoms with Gasteiger partial charge in [-0.1, -0.05) is 18.2 Å². The molecule has 2 fully saturated rings. The van der Waals surface area contributed by atoms with Gasteiger partial charge in [0, 0.05) is 18.8 Å². The first-order chi connectivity index (χ1) is 12.5. The van der Waals surface area contributed by atoms with Gasteiger partial charge in [0.1, 0.15) is 6.10 Å². The van der Waals surface area contributed by atoms with Crippen molar-refractivity contribution in [1.29, 1.82) is 0 Å². The molecule has 2 aliphatic heterocycles. The van der Waals surface area contributed by atoms with Crippen LogP contribution in [0.3, 0.4) is 0 Å². The van der Waals surface area contributed by atoms with E-state index in [1.165, 1.54) is 0 Å². The Bertz CT molecular complexity index is 600. The van der Waals surface area contributed by atoms with Crippen molar-refractivity contribution in [2.45, 2.75) is 30.6 Å². The lowest BCUT2D eigenvalue weighted by Crippen LogP contribution is -2.65. The Balaban J connectivity index is 1.64. The second-order valence-corrected chi connectivity index (χ2v) is 7.13. The highest BCUT2D eigenvalue weighted by Gasteiger charge is 2.51. The number of rotatable bonds is 6. The van der Waals surface area contributed by atoms with Gasteiger partial charge < -0.3 is 30.1 Å². The van der Waals surface area contributed by atoms with Crippen LogP contribution in [-0.2, 0) is 9.47 Å². The Kier molecular flexibility index (Phi) is 6.10. The maximum absolute atomic E-state index is 12.3. The molecule has 2 heterocycles. The summed E-state index contributed by atoms with van der Waals surface area (Å²) in [6.45, 7) is 1.96. The summed E-state index contributed by atoms with van der Waals surface area (Å²) in [5.41, 5.74) is 0.691. The molecule has 0 aromatic heterocycles. The lowest BCUT2D eigenvalue weighted by atomic mass is 9.95. The van der Waals surface area contributed by atoms with Crippen LogP contribution in [0.4, 0.5) is 10.5 Å². The normalized spacial score (nSPS) is 30.6. The number of benzene rings is 1. The molecule has 8 nitrogen and oxygen atoms in total. The molecular weight excluding hydrogens is 336 g/mol. The molecule has 5 atom stereocenters. The molecule has 0 spiro atoms. The highest BCUT2D eigenvalue weighted by molar-refractivity contribution is 5.89. The SMILES string of the molecule is CN(C)CCN(C)C1C2OCC(O2)C(NC(=O)Nc2ccccc2)C1O. The standard InChI is InChI=1S/C18H28N4O4/c1-21(2)9-10-22(3)15-16(23)14(13-11-25-17(15)26-13)20-18(24)19-12-7-5-4-6-8-12/h4-8,13-17,23H,9-11H2,1-3H3,(H2,19,20,24). The zero-order valence-electron chi connectivity index (χ0n) is 15.5. The van der Waals surface area contributed by atoms with E-state index in [4.69, 9.17) is 9.47 Å². The number of nitrogens with zero attached hydrogens (tertiary/aromatic N) is 2. The third kappa shape index (κ3) is 4.33. The van der Waals surface area contributed by atoms with Gasteiger partial charge in [-0.25, -0.2) is 4.79 Å². The quantitative estimate of drug-likeness (QED) is 0.667. The molecule has 0 radical (unpaired) electrons. The number of aliphatic hydroxyl groups excluding tert-OH is 1. The van der Waals surface area contributed by atoms with Gasteiger partial charge in [-0.3, -0.25) is 4.90 Å². The maximum atomic E-state index is 12.3. The van der Waals surface area contributed by atoms with E-state index in [9.17, 15) is 9.90 Å². The Morgan fingerprint density at radius 1 is 1.23 bits per heavy atom. The number of hydrogen-bond donors (Lipinski definition) is 3. The fraction of sp³-hybridized carbons (Fsp3) is 0.611. The Hall–Kier alpha value is -1.71. The number of nitrogens with one attached hydrogen (secondary N) is 2. The molecule has 2 amide bonds. The number of ether oxygens (including phenoxy) is 2. The van der Waals surface area contributed by atoms with Gasteiger partial charge in [0.25, 0.3) is 0 Å². The van der Waals surface area contributed by atoms with Gasteiger partial charge in [-0.05, 0) is 33.3 Å². The van der Waals surface area contributed by atoms with Crippen LogP contribution in [-0.4, -0.2) is 92.4 Å². The number of hydrogen-bond acceptors (Lipinski definition) is 6. The van der Waals surface area contributed by atoms with E-state index in [2.05, 4.69) is 15.5 Å². The van der Waals surface area contributed by atoms with Crippen molar-refractivity contribution < 1.29 is 19.4 Å². The zero-order chi connectivity index (χ0) is 18.7. The van der Waals surface area contributed by atoms with Crippen molar-refractivity contribution in [2.24, 2.45) is 0 Å². The Labute approximate surface area is 154 Å². The third-order valence-electron chi connectivity index (χ3n) is 4.87. The molecule has 0 aliphatic carbocycles. The molecule has 3 rings (SSSR count). The number of carbonyl (C=O) groups is 1. The second kappa shape index (κ2) is 8.32. The average Bonchev–Trinajstić information content (AvgIpc) is 3.03. The summed E-state index contributed by atoms with van der Waals surface area (Å²) < 4.78 is 11.6. The number of amides is 2. The van der Waals surface area contributed by atoms with E-state index >= 15 is 0 Å². The minimum atomic E-state index is -0.782. The predicted octanol–water partition coefficient (Wildman–Crippen LogP) is 0.155. The van der Waals surface area contributed by atoms with Crippen LogP contribution in [0.1, 0.15) is 0 Å². The van der Waals surface area contributed by atoms with Gasteiger partial charge in [-0.15, -0.1) is 0 Å². The molecule has 2 bridgehead atoms. The van der Waals surface area contributed by atoms with E-state index in [0.29, 0.717) is 12.3 Å². The first kappa shape index (κ1) is 19.1. The largest absolute Gasteiger partial charge is 0.389 e. The highest BCUT2D eigenvalue weighted by atomic mass is 16.7. The summed E-state index contributed by atoms with van der Waals surface area (Å²) >= 11 is 0. The minimum absolute atomic E-state index is 0.337. The molecule has 8 heteroatoms. The molecule has 26 heavy (non-hydrogen) atoms. The summed E-state index contributed by atoms with van der Waals surface area (Å²) in [7, 11) is 5.94. The summed E-state index contributed by atoms with van der Waals surface area (Å²) in [4.78, 5) is 16.4. The zero-order valence-corrected chi connectivity index (χ0v) is 15.5. The minimum Gasteiger partial charge on any atom is -0.389 e. The summed E-state index contributed by atoms with van der Waals surface area (Å²) in [5.74, 6) is 0. The molecule has 5 unspecified atom stereocenters. The van der Waals surface area contributed by atoms with Crippen LogP contribution in [0.2, 0.25) is 0 Å². The van der Waals surface area contributed by atoms with Gasteiger partial charge in [0.15, 0.2) is 6.29 Å². The van der Waals surface area contributed by atoms with Crippen molar-refractivity contribution in [3.63, 3.8) is 0 Å². The van der Waals surface area contributed by atoms with Crippen LogP contribution in [0.5, 0.6) is 0 Å². The number of anilines is 1. The van der Waals surface area contributed by atoms with Crippen molar-refractivity contribution >= 4 is 11.7 Å². The molecule has 0 saturated carbocycles. The first-order valence-electron chi connectivity index (χ1n) is 8.88. The topological polar surface area (TPSA) is 86.3 Å². The lowest BCUT2D eigenvalue weighted by molar-refractivity contribution is -0.177. The van der Waals surface area contributed by atoms with Crippen LogP contribution in [0, 0.1) is 0 Å². The molecule has 1 aromatic carbocycles. The lowest BCUT2D eigenvalue weighted by Gasteiger charge is -2.42. The highest BCUT2D eigenvalue weighted by Crippen LogP contribution is 2.30. The summed E-state index contributed by atoms with van der Waals surface area (Å²) in [6.07, 6.45) is -1.61. The van der Waals surface area contributed by atoms with Crippen molar-refractivity contribution in [2.75, 3.05) is 46.2 Å². The molecule has 3 N–H and O–H groups in total. The van der Waals surface area contributed by atoms with E-state index in [0.717, 1.165) is 13.1 Å². The first-order valence-corrected chi connectivity index (χ1v) is 8.88. The fourth-order valence-electron chi connectivity index (χ4n) is 3.39. The maximum Gasteiger partial charge on any atom is 0.319 e. The van der Waals surface area contributed by atoms with E-state index in [1.54, 1.807) is 12.1 Å². The summed E-state index contributed by atoms with van der Waals surface area (Å²) in [5, 5.41) is 16.5. The number of fused-ring (bicyclic) bond motifs is 2. The van der Waals surface area contributed by atoms with E-state index in [1.807, 2.05) is 44.2 Å². The van der Waals surface area contributed by atoms with E-state index in [-0.39, 0.29) is 18.2 Å². The number of likely N-dealkylation sites (N-methyl/N-ethyl adjacent to an activating group) is 2.